The zero-order chi connectivity index (χ0) is 14.1. The number of nitrogens with zero attached hydrogens (tertiary/aromatic N) is 1. The summed E-state index contributed by atoms with van der Waals surface area (Å²) in [7, 11) is 0. The van der Waals surface area contributed by atoms with Gasteiger partial charge in [0.05, 0.1) is 0 Å². The summed E-state index contributed by atoms with van der Waals surface area (Å²) in [4.78, 5) is 4.39. The van der Waals surface area contributed by atoms with Crippen molar-refractivity contribution in [1.82, 2.24) is 10.2 Å². The first-order valence-corrected chi connectivity index (χ1v) is 9.80. The number of hydrogen-bond acceptors (Lipinski definition) is 3. The summed E-state index contributed by atoms with van der Waals surface area (Å²) >= 11 is 1.96. The summed E-state index contributed by atoms with van der Waals surface area (Å²) in [6.07, 6.45) is 11.4. The Balaban J connectivity index is 1.42. The van der Waals surface area contributed by atoms with Gasteiger partial charge in [-0.1, -0.05) is 25.3 Å². The number of hydrogen-bond donors (Lipinski definition) is 1. The molecule has 21 heavy (non-hydrogen) atoms. The monoisotopic (exact) mass is 304 g/mol. The summed E-state index contributed by atoms with van der Waals surface area (Å²) in [5.74, 6) is 0.764. The van der Waals surface area contributed by atoms with Crippen LogP contribution in [0.5, 0.6) is 0 Å². The average Bonchev–Trinajstić information content (AvgIpc) is 3.23. The van der Waals surface area contributed by atoms with Gasteiger partial charge < -0.3 is 5.32 Å². The molecule has 2 unspecified atom stereocenters. The Morgan fingerprint density at radius 2 is 1.86 bits per heavy atom. The summed E-state index contributed by atoms with van der Waals surface area (Å²) in [5, 5.41) is 6.27. The Bertz CT molecular complexity index is 434. The minimum atomic E-state index is 0.717. The van der Waals surface area contributed by atoms with Gasteiger partial charge in [-0.15, -0.1) is 11.3 Å². The van der Waals surface area contributed by atoms with E-state index in [4.69, 9.17) is 0 Å². The number of nitrogens with one attached hydrogen (secondary N) is 1. The van der Waals surface area contributed by atoms with Crippen molar-refractivity contribution in [2.24, 2.45) is 0 Å². The van der Waals surface area contributed by atoms with E-state index in [9.17, 15) is 0 Å². The molecule has 1 aromatic heterocycles. The highest BCUT2D eigenvalue weighted by Crippen LogP contribution is 2.36. The van der Waals surface area contributed by atoms with Gasteiger partial charge in [0, 0.05) is 42.0 Å². The van der Waals surface area contributed by atoms with Crippen LogP contribution in [-0.4, -0.2) is 36.1 Å². The minimum Gasteiger partial charge on any atom is -0.310 e. The van der Waals surface area contributed by atoms with Crippen molar-refractivity contribution in [2.75, 3.05) is 13.1 Å². The fourth-order valence-electron chi connectivity index (χ4n) is 4.32. The van der Waals surface area contributed by atoms with Crippen LogP contribution in [0.15, 0.2) is 17.5 Å². The van der Waals surface area contributed by atoms with Gasteiger partial charge >= 0.3 is 0 Å². The van der Waals surface area contributed by atoms with Gasteiger partial charge in [0.15, 0.2) is 0 Å². The van der Waals surface area contributed by atoms with Crippen molar-refractivity contribution in [3.63, 3.8) is 0 Å². The van der Waals surface area contributed by atoms with Crippen molar-refractivity contribution < 1.29 is 0 Å². The Kier molecular flexibility index (Phi) is 4.33. The van der Waals surface area contributed by atoms with E-state index < -0.39 is 0 Å². The molecule has 2 nitrogen and oxygen atoms in total. The normalized spacial score (nSPS) is 32.4. The van der Waals surface area contributed by atoms with E-state index in [0.717, 1.165) is 24.0 Å². The molecular formula is C18H28N2S. The van der Waals surface area contributed by atoms with Crippen molar-refractivity contribution in [3.05, 3.63) is 22.4 Å². The second-order valence-electron chi connectivity index (χ2n) is 7.33. The molecule has 1 saturated heterocycles. The maximum Gasteiger partial charge on any atom is 0.0204 e. The van der Waals surface area contributed by atoms with Crippen LogP contribution in [0.2, 0.25) is 0 Å². The molecule has 2 atom stereocenters. The first-order valence-electron chi connectivity index (χ1n) is 8.92. The molecule has 2 aliphatic carbocycles. The van der Waals surface area contributed by atoms with Crippen LogP contribution in [-0.2, 0) is 0 Å². The van der Waals surface area contributed by atoms with Gasteiger partial charge in [0.1, 0.15) is 0 Å². The van der Waals surface area contributed by atoms with Gasteiger partial charge in [0.25, 0.3) is 0 Å². The third kappa shape index (κ3) is 3.52. The number of rotatable bonds is 4. The van der Waals surface area contributed by atoms with Crippen molar-refractivity contribution in [1.29, 1.82) is 0 Å². The van der Waals surface area contributed by atoms with E-state index in [1.54, 1.807) is 4.88 Å². The summed E-state index contributed by atoms with van der Waals surface area (Å²) in [5.41, 5.74) is 0. The first-order chi connectivity index (χ1) is 10.4. The lowest BCUT2D eigenvalue weighted by Gasteiger charge is -2.40. The summed E-state index contributed by atoms with van der Waals surface area (Å²) in [6, 6.07) is 6.99. The van der Waals surface area contributed by atoms with Gasteiger partial charge in [-0.05, 0) is 43.6 Å². The Morgan fingerprint density at radius 3 is 2.57 bits per heavy atom. The Morgan fingerprint density at radius 1 is 1.00 bits per heavy atom. The highest BCUT2D eigenvalue weighted by Gasteiger charge is 2.37. The lowest BCUT2D eigenvalue weighted by molar-refractivity contribution is 0.152. The Labute approximate surface area is 132 Å². The van der Waals surface area contributed by atoms with Crippen molar-refractivity contribution in [3.8, 4) is 0 Å². The smallest absolute Gasteiger partial charge is 0.0204 e. The molecule has 0 radical (unpaired) electrons. The van der Waals surface area contributed by atoms with Gasteiger partial charge in [-0.2, -0.15) is 0 Å². The summed E-state index contributed by atoms with van der Waals surface area (Å²) in [6.45, 7) is 2.59. The maximum absolute atomic E-state index is 4.03. The molecule has 4 rings (SSSR count). The quantitative estimate of drug-likeness (QED) is 0.905. The topological polar surface area (TPSA) is 15.3 Å². The average molecular weight is 305 g/mol. The lowest BCUT2D eigenvalue weighted by Crippen LogP contribution is -2.52. The molecule has 0 spiro atoms. The lowest BCUT2D eigenvalue weighted by atomic mass is 9.90. The van der Waals surface area contributed by atoms with E-state index in [0.29, 0.717) is 0 Å². The zero-order valence-electron chi connectivity index (χ0n) is 13.0. The molecule has 3 fully saturated rings. The van der Waals surface area contributed by atoms with Gasteiger partial charge in [-0.25, -0.2) is 0 Å². The Hall–Kier alpha value is -0.380. The van der Waals surface area contributed by atoms with Crippen LogP contribution < -0.4 is 5.32 Å². The molecule has 0 bridgehead atoms. The standard InChI is InChI=1S/C18H28N2S/c1-2-5-15(6-3-1)19-16-11-14(18-7-4-10-21-18)12-20(13-16)17-8-9-17/h4,7,10,14-17,19H,1-3,5-6,8-9,11-13H2. The fraction of sp³-hybridized carbons (Fsp3) is 0.778. The molecule has 116 valence electrons. The van der Waals surface area contributed by atoms with E-state index in [1.807, 2.05) is 11.3 Å². The van der Waals surface area contributed by atoms with Crippen LogP contribution in [0, 0.1) is 0 Å². The van der Waals surface area contributed by atoms with Crippen LogP contribution in [0.3, 0.4) is 0 Å². The number of thiophene rings is 1. The largest absolute Gasteiger partial charge is 0.310 e. The molecule has 1 N–H and O–H groups in total. The molecule has 1 aromatic rings. The van der Waals surface area contributed by atoms with E-state index in [-0.39, 0.29) is 0 Å². The molecular weight excluding hydrogens is 276 g/mol. The molecule has 3 aliphatic rings. The predicted molar refractivity (Wildman–Crippen MR) is 90.1 cm³/mol. The molecule has 3 heteroatoms. The highest BCUT2D eigenvalue weighted by molar-refractivity contribution is 7.10. The second kappa shape index (κ2) is 6.39. The van der Waals surface area contributed by atoms with E-state index in [1.165, 1.54) is 64.5 Å². The zero-order valence-corrected chi connectivity index (χ0v) is 13.8. The van der Waals surface area contributed by atoms with E-state index >= 15 is 0 Å². The van der Waals surface area contributed by atoms with Crippen LogP contribution >= 0.6 is 11.3 Å². The predicted octanol–water partition coefficient (Wildman–Crippen LogP) is 3.99. The first kappa shape index (κ1) is 14.2. The molecule has 0 amide bonds. The van der Waals surface area contributed by atoms with Crippen molar-refractivity contribution >= 4 is 11.3 Å². The molecule has 0 aromatic carbocycles. The van der Waals surface area contributed by atoms with Gasteiger partial charge in [0.2, 0.25) is 0 Å². The fourth-order valence-corrected chi connectivity index (χ4v) is 5.16. The molecule has 2 heterocycles. The molecule has 2 saturated carbocycles. The highest BCUT2D eigenvalue weighted by atomic mass is 32.1. The third-order valence-electron chi connectivity index (χ3n) is 5.56. The molecule has 1 aliphatic heterocycles. The minimum absolute atomic E-state index is 0.717. The number of piperidine rings is 1. The van der Waals surface area contributed by atoms with E-state index in [2.05, 4.69) is 27.7 Å². The van der Waals surface area contributed by atoms with Crippen molar-refractivity contribution in [2.45, 2.75) is 75.4 Å². The van der Waals surface area contributed by atoms with Crippen LogP contribution in [0.4, 0.5) is 0 Å². The second-order valence-corrected chi connectivity index (χ2v) is 8.31. The number of likely N-dealkylation sites (tertiary alicyclic amines) is 1. The maximum atomic E-state index is 4.03. The van der Waals surface area contributed by atoms with Crippen LogP contribution in [0.25, 0.3) is 0 Å². The SMILES string of the molecule is c1csc(C2CC(NC3CCCCC3)CN(C3CC3)C2)c1. The van der Waals surface area contributed by atoms with Crippen LogP contribution in [0.1, 0.15) is 62.2 Å². The summed E-state index contributed by atoms with van der Waals surface area (Å²) < 4.78 is 0. The third-order valence-corrected chi connectivity index (χ3v) is 6.60. The van der Waals surface area contributed by atoms with Gasteiger partial charge in [-0.3, -0.25) is 4.90 Å².